The van der Waals surface area contributed by atoms with Crippen LogP contribution < -0.4 is 11.0 Å². The number of benzene rings is 1. The van der Waals surface area contributed by atoms with Gasteiger partial charge in [0.25, 0.3) is 0 Å². The van der Waals surface area contributed by atoms with Crippen molar-refractivity contribution in [3.63, 3.8) is 0 Å². The van der Waals surface area contributed by atoms with Crippen LogP contribution in [0.25, 0.3) is 5.69 Å². The molecule has 0 aliphatic heterocycles. The van der Waals surface area contributed by atoms with Crippen LogP contribution in [0.15, 0.2) is 45.7 Å². The Hall–Kier alpha value is -2.42. The molecule has 2 rings (SSSR count). The molecule has 1 heterocycles. The zero-order valence-corrected chi connectivity index (χ0v) is 17.2. The van der Waals surface area contributed by atoms with E-state index in [4.69, 9.17) is 4.74 Å². The fraction of sp³-hybridized carbons (Fsp3) is 0.389. The number of rotatable bonds is 5. The molecule has 2 aromatic rings. The minimum Gasteiger partial charge on any atom is -0.445 e. The van der Waals surface area contributed by atoms with Gasteiger partial charge in [-0.25, -0.2) is 23.2 Å². The number of halogens is 2. The summed E-state index contributed by atoms with van der Waals surface area (Å²) in [6, 6.07) is 5.47. The summed E-state index contributed by atoms with van der Waals surface area (Å²) >= 11 is 3.43. The van der Waals surface area contributed by atoms with Gasteiger partial charge in [-0.1, -0.05) is 22.0 Å². The lowest BCUT2D eigenvalue weighted by Crippen LogP contribution is -2.41. The highest BCUT2D eigenvalue weighted by Crippen LogP contribution is 2.21. The maximum Gasteiger partial charge on any atom is 0.407 e. The molecule has 9 heteroatoms. The van der Waals surface area contributed by atoms with E-state index in [-0.39, 0.29) is 18.7 Å². The van der Waals surface area contributed by atoms with Crippen LogP contribution in [0.4, 0.5) is 9.18 Å². The molecular weight excluding hydrogens is 419 g/mol. The standard InChI is InChI=1S/C18H22BrFN4O3/c1-12-14(19)6-5-7-15(12)23-11-21-24(17(23)26)9-13(8-20)10-27-16(25)22-18(2,3)4/h5-8,11H,9-10H2,1-4H3,(H,22,25)/b13-8+. The number of ether oxygens (including phenoxy) is 1. The van der Waals surface area contributed by atoms with E-state index < -0.39 is 17.3 Å². The number of amides is 1. The molecule has 0 radical (unpaired) electrons. The second-order valence-corrected chi connectivity index (χ2v) is 7.90. The monoisotopic (exact) mass is 440 g/mol. The Balaban J connectivity index is 2.11. The van der Waals surface area contributed by atoms with Crippen LogP contribution in [-0.4, -0.2) is 32.6 Å². The van der Waals surface area contributed by atoms with Gasteiger partial charge in [-0.05, 0) is 45.4 Å². The zero-order valence-electron chi connectivity index (χ0n) is 15.6. The van der Waals surface area contributed by atoms with Gasteiger partial charge in [0.2, 0.25) is 0 Å². The van der Waals surface area contributed by atoms with Crippen molar-refractivity contribution in [2.45, 2.75) is 39.8 Å². The van der Waals surface area contributed by atoms with Crippen molar-refractivity contribution in [2.75, 3.05) is 6.61 Å². The van der Waals surface area contributed by atoms with E-state index in [0.717, 1.165) is 14.7 Å². The normalized spacial score (nSPS) is 12.1. The highest BCUT2D eigenvalue weighted by atomic mass is 79.9. The van der Waals surface area contributed by atoms with Gasteiger partial charge in [0.1, 0.15) is 12.9 Å². The number of nitrogens with zero attached hydrogens (tertiary/aromatic N) is 3. The van der Waals surface area contributed by atoms with Gasteiger partial charge in [-0.15, -0.1) is 0 Å². The predicted molar refractivity (Wildman–Crippen MR) is 104 cm³/mol. The SMILES string of the molecule is Cc1c(Br)cccc1-n1cnn(C/C(=C\F)COC(=O)NC(C)(C)C)c1=O. The Labute approximate surface area is 165 Å². The van der Waals surface area contributed by atoms with E-state index in [9.17, 15) is 14.0 Å². The summed E-state index contributed by atoms with van der Waals surface area (Å²) in [5.74, 6) is 0. The fourth-order valence-corrected chi connectivity index (χ4v) is 2.63. The van der Waals surface area contributed by atoms with Crippen molar-refractivity contribution in [3.8, 4) is 5.69 Å². The highest BCUT2D eigenvalue weighted by Gasteiger charge is 2.16. The first-order valence-corrected chi connectivity index (χ1v) is 9.04. The summed E-state index contributed by atoms with van der Waals surface area (Å²) in [6.45, 7) is 6.87. The molecule has 0 atom stereocenters. The molecule has 1 amide bonds. The van der Waals surface area contributed by atoms with Crippen LogP contribution in [0.2, 0.25) is 0 Å². The third-order valence-corrected chi connectivity index (χ3v) is 4.46. The van der Waals surface area contributed by atoms with E-state index in [1.54, 1.807) is 26.8 Å². The second kappa shape index (κ2) is 8.51. The minimum absolute atomic E-state index is 0.109. The Bertz CT molecular complexity index is 912. The Morgan fingerprint density at radius 3 is 2.74 bits per heavy atom. The molecule has 1 aromatic heterocycles. The summed E-state index contributed by atoms with van der Waals surface area (Å²) in [7, 11) is 0. The van der Waals surface area contributed by atoms with E-state index in [2.05, 4.69) is 26.3 Å². The quantitative estimate of drug-likeness (QED) is 0.771. The van der Waals surface area contributed by atoms with Gasteiger partial charge in [-0.3, -0.25) is 0 Å². The average Bonchev–Trinajstić information content (AvgIpc) is 2.93. The van der Waals surface area contributed by atoms with E-state index in [0.29, 0.717) is 12.0 Å². The number of aromatic nitrogens is 3. The highest BCUT2D eigenvalue weighted by molar-refractivity contribution is 9.10. The molecule has 0 unspecified atom stereocenters. The molecule has 0 spiro atoms. The summed E-state index contributed by atoms with van der Waals surface area (Å²) in [5, 5.41) is 6.63. The summed E-state index contributed by atoms with van der Waals surface area (Å²) in [6.07, 6.45) is 1.03. The van der Waals surface area contributed by atoms with Gasteiger partial charge < -0.3 is 10.1 Å². The predicted octanol–water partition coefficient (Wildman–Crippen LogP) is 3.48. The molecular formula is C18H22BrFN4O3. The first-order chi connectivity index (χ1) is 12.6. The average molecular weight is 441 g/mol. The summed E-state index contributed by atoms with van der Waals surface area (Å²) < 4.78 is 21.5. The fourth-order valence-electron chi connectivity index (χ4n) is 2.27. The van der Waals surface area contributed by atoms with Gasteiger partial charge >= 0.3 is 11.8 Å². The van der Waals surface area contributed by atoms with Crippen molar-refractivity contribution in [2.24, 2.45) is 0 Å². The van der Waals surface area contributed by atoms with Crippen LogP contribution in [-0.2, 0) is 11.3 Å². The Morgan fingerprint density at radius 2 is 2.11 bits per heavy atom. The number of carbonyl (C=O) groups excluding carboxylic acids is 1. The summed E-state index contributed by atoms with van der Waals surface area (Å²) in [4.78, 5) is 24.3. The number of hydrogen-bond donors (Lipinski definition) is 1. The van der Waals surface area contributed by atoms with Crippen LogP contribution in [0, 0.1) is 6.92 Å². The van der Waals surface area contributed by atoms with Gasteiger partial charge in [-0.2, -0.15) is 5.10 Å². The molecule has 7 nitrogen and oxygen atoms in total. The number of hydrogen-bond acceptors (Lipinski definition) is 4. The molecule has 146 valence electrons. The third-order valence-electron chi connectivity index (χ3n) is 3.60. The van der Waals surface area contributed by atoms with Gasteiger partial charge in [0.15, 0.2) is 0 Å². The lowest BCUT2D eigenvalue weighted by molar-refractivity contribution is 0.145. The third kappa shape index (κ3) is 5.53. The van der Waals surface area contributed by atoms with Gasteiger partial charge in [0.05, 0.1) is 18.6 Å². The smallest absolute Gasteiger partial charge is 0.407 e. The Morgan fingerprint density at radius 1 is 1.41 bits per heavy atom. The van der Waals surface area contributed by atoms with Gasteiger partial charge in [0, 0.05) is 15.6 Å². The molecule has 0 saturated carbocycles. The largest absolute Gasteiger partial charge is 0.445 e. The molecule has 1 N–H and O–H groups in total. The first-order valence-electron chi connectivity index (χ1n) is 8.25. The number of alkyl carbamates (subject to hydrolysis) is 1. The molecule has 27 heavy (non-hydrogen) atoms. The topological polar surface area (TPSA) is 78.2 Å². The second-order valence-electron chi connectivity index (χ2n) is 7.04. The van der Waals surface area contributed by atoms with E-state index >= 15 is 0 Å². The van der Waals surface area contributed by atoms with Crippen LogP contribution in [0.3, 0.4) is 0 Å². The van der Waals surface area contributed by atoms with Crippen molar-refractivity contribution >= 4 is 22.0 Å². The molecule has 0 aliphatic rings. The molecule has 0 bridgehead atoms. The summed E-state index contributed by atoms with van der Waals surface area (Å²) in [5.41, 5.74) is 0.774. The lowest BCUT2D eigenvalue weighted by Gasteiger charge is -2.20. The number of nitrogens with one attached hydrogen (secondary N) is 1. The van der Waals surface area contributed by atoms with E-state index in [1.165, 1.54) is 10.9 Å². The molecule has 0 aliphatic carbocycles. The van der Waals surface area contributed by atoms with Crippen molar-refractivity contribution < 1.29 is 13.9 Å². The van der Waals surface area contributed by atoms with Crippen molar-refractivity contribution in [1.82, 2.24) is 19.7 Å². The van der Waals surface area contributed by atoms with E-state index in [1.807, 2.05) is 19.1 Å². The Kier molecular flexibility index (Phi) is 6.59. The molecule has 0 saturated heterocycles. The zero-order chi connectivity index (χ0) is 20.2. The van der Waals surface area contributed by atoms with Crippen LogP contribution in [0.1, 0.15) is 26.3 Å². The molecule has 1 aromatic carbocycles. The lowest BCUT2D eigenvalue weighted by atomic mass is 10.1. The maximum absolute atomic E-state index is 13.2. The number of carbonyl (C=O) groups is 1. The van der Waals surface area contributed by atoms with Crippen LogP contribution >= 0.6 is 15.9 Å². The molecule has 0 fully saturated rings. The minimum atomic E-state index is -0.663. The first kappa shape index (κ1) is 20.9. The van der Waals surface area contributed by atoms with Crippen molar-refractivity contribution in [3.05, 3.63) is 56.9 Å². The maximum atomic E-state index is 13.2. The van der Waals surface area contributed by atoms with Crippen molar-refractivity contribution in [1.29, 1.82) is 0 Å². The van der Waals surface area contributed by atoms with Crippen LogP contribution in [0.5, 0.6) is 0 Å².